The molecule has 0 saturated carbocycles. The lowest BCUT2D eigenvalue weighted by atomic mass is 10.3. The molecule has 0 bridgehead atoms. The number of urea groups is 1. The quantitative estimate of drug-likeness (QED) is 0.757. The second-order valence-electron chi connectivity index (χ2n) is 3.17. The van der Waals surface area contributed by atoms with Crippen molar-refractivity contribution in [2.45, 2.75) is 0 Å². The molecular weight excluding hydrogens is 194 g/mol. The van der Waals surface area contributed by atoms with Gasteiger partial charge in [0.25, 0.3) is 0 Å². The number of methoxy groups -OCH3 is 1. The number of hydrogen-bond donors (Lipinski definition) is 1. The van der Waals surface area contributed by atoms with Crippen LogP contribution in [0.15, 0.2) is 24.3 Å². The zero-order chi connectivity index (χ0) is 11.4. The van der Waals surface area contributed by atoms with Gasteiger partial charge in [-0.3, -0.25) is 0 Å². The van der Waals surface area contributed by atoms with Gasteiger partial charge in [-0.05, 0) is 12.1 Å². The number of nitrogens with zero attached hydrogens (tertiary/aromatic N) is 2. The third-order valence-electron chi connectivity index (χ3n) is 1.92. The second kappa shape index (κ2) is 4.65. The van der Waals surface area contributed by atoms with E-state index in [4.69, 9.17) is 10.5 Å². The molecule has 0 aliphatic heterocycles. The summed E-state index contributed by atoms with van der Waals surface area (Å²) in [5, 5.41) is 2.93. The fourth-order valence-electron chi connectivity index (χ4n) is 1.34. The van der Waals surface area contributed by atoms with Gasteiger partial charge in [-0.15, -0.1) is 0 Å². The number of ether oxygens (including phenoxy) is 1. The van der Waals surface area contributed by atoms with Crippen LogP contribution in [0.2, 0.25) is 0 Å². The zero-order valence-corrected chi connectivity index (χ0v) is 9.10. The molecule has 1 aromatic carbocycles. The van der Waals surface area contributed by atoms with E-state index in [2.05, 4.69) is 0 Å². The molecule has 5 nitrogen and oxygen atoms in total. The summed E-state index contributed by atoms with van der Waals surface area (Å²) in [4.78, 5) is 11.3. The zero-order valence-electron chi connectivity index (χ0n) is 9.10. The number of para-hydroxylation sites is 2. The van der Waals surface area contributed by atoms with Crippen LogP contribution in [0.4, 0.5) is 10.5 Å². The Bertz CT molecular complexity index is 352. The van der Waals surface area contributed by atoms with Crippen molar-refractivity contribution in [3.63, 3.8) is 0 Å². The van der Waals surface area contributed by atoms with Crippen LogP contribution < -0.4 is 15.5 Å². The van der Waals surface area contributed by atoms with Crippen molar-refractivity contribution >= 4 is 11.7 Å². The molecule has 0 heterocycles. The molecule has 5 heteroatoms. The first-order chi connectivity index (χ1) is 7.07. The van der Waals surface area contributed by atoms with Gasteiger partial charge in [0, 0.05) is 14.1 Å². The molecule has 0 radical (unpaired) electrons. The first kappa shape index (κ1) is 11.3. The molecule has 0 unspecified atom stereocenters. The van der Waals surface area contributed by atoms with E-state index in [0.29, 0.717) is 11.4 Å². The summed E-state index contributed by atoms with van der Waals surface area (Å²) < 4.78 is 5.15. The summed E-state index contributed by atoms with van der Waals surface area (Å²) in [7, 11) is 5.02. The van der Waals surface area contributed by atoms with Crippen LogP contribution in [-0.2, 0) is 0 Å². The van der Waals surface area contributed by atoms with E-state index in [9.17, 15) is 4.79 Å². The van der Waals surface area contributed by atoms with Gasteiger partial charge in [-0.25, -0.2) is 14.8 Å². The average molecular weight is 209 g/mol. The number of hydrazine groups is 1. The molecule has 82 valence electrons. The minimum atomic E-state index is -0.551. The van der Waals surface area contributed by atoms with E-state index in [0.717, 1.165) is 0 Å². The van der Waals surface area contributed by atoms with Crippen molar-refractivity contribution < 1.29 is 9.53 Å². The molecule has 0 aliphatic rings. The Morgan fingerprint density at radius 3 is 2.40 bits per heavy atom. The Kier molecular flexibility index (Phi) is 3.51. The van der Waals surface area contributed by atoms with Crippen LogP contribution in [0.25, 0.3) is 0 Å². The molecular formula is C10H15N3O2. The highest BCUT2D eigenvalue weighted by Crippen LogP contribution is 2.27. The predicted octanol–water partition coefficient (Wildman–Crippen LogP) is 1.06. The highest BCUT2D eigenvalue weighted by Gasteiger charge is 2.18. The number of anilines is 1. The Labute approximate surface area is 89.0 Å². The maximum Gasteiger partial charge on any atom is 0.334 e. The van der Waals surface area contributed by atoms with Crippen molar-refractivity contribution in [2.24, 2.45) is 5.73 Å². The third kappa shape index (κ3) is 2.38. The van der Waals surface area contributed by atoms with Gasteiger partial charge in [0.15, 0.2) is 0 Å². The van der Waals surface area contributed by atoms with Crippen LogP contribution >= 0.6 is 0 Å². The minimum absolute atomic E-state index is 0.551. The molecule has 2 N–H and O–H groups in total. The SMILES string of the molecule is COc1ccccc1N(C(N)=O)N(C)C. The summed E-state index contributed by atoms with van der Waals surface area (Å²) >= 11 is 0. The number of nitrogens with two attached hydrogens (primary N) is 1. The third-order valence-corrected chi connectivity index (χ3v) is 1.92. The van der Waals surface area contributed by atoms with Crippen LogP contribution in [0.1, 0.15) is 0 Å². The fraction of sp³-hybridized carbons (Fsp3) is 0.300. The molecule has 2 amide bonds. The molecule has 0 aliphatic carbocycles. The number of carbonyl (C=O) groups excluding carboxylic acids is 1. The molecule has 0 atom stereocenters. The summed E-state index contributed by atoms with van der Waals surface area (Å²) in [6, 6.07) is 6.64. The first-order valence-electron chi connectivity index (χ1n) is 4.47. The van der Waals surface area contributed by atoms with Crippen LogP contribution in [0.5, 0.6) is 5.75 Å². The van der Waals surface area contributed by atoms with Crippen molar-refractivity contribution in [1.29, 1.82) is 0 Å². The number of rotatable bonds is 3. The first-order valence-corrected chi connectivity index (χ1v) is 4.47. The Hall–Kier alpha value is -1.75. The number of amides is 2. The second-order valence-corrected chi connectivity index (χ2v) is 3.17. The summed E-state index contributed by atoms with van der Waals surface area (Å²) in [6.45, 7) is 0. The molecule has 0 fully saturated rings. The molecule has 0 aromatic heterocycles. The lowest BCUT2D eigenvalue weighted by Gasteiger charge is -2.28. The summed E-state index contributed by atoms with van der Waals surface area (Å²) in [5.74, 6) is 0.602. The average Bonchev–Trinajstić information content (AvgIpc) is 2.17. The number of primary amides is 1. The lowest BCUT2D eigenvalue weighted by molar-refractivity contribution is 0.238. The molecule has 0 spiro atoms. The minimum Gasteiger partial charge on any atom is -0.495 e. The van der Waals surface area contributed by atoms with Gasteiger partial charge in [0.1, 0.15) is 11.4 Å². The Morgan fingerprint density at radius 1 is 1.33 bits per heavy atom. The van der Waals surface area contributed by atoms with Crippen molar-refractivity contribution in [3.8, 4) is 5.75 Å². The molecule has 0 saturated heterocycles. The van der Waals surface area contributed by atoms with Gasteiger partial charge in [-0.1, -0.05) is 12.1 Å². The Morgan fingerprint density at radius 2 is 1.93 bits per heavy atom. The Balaban J connectivity index is 3.16. The highest BCUT2D eigenvalue weighted by molar-refractivity contribution is 5.91. The van der Waals surface area contributed by atoms with E-state index >= 15 is 0 Å². The van der Waals surface area contributed by atoms with Crippen LogP contribution in [0.3, 0.4) is 0 Å². The fourth-order valence-corrected chi connectivity index (χ4v) is 1.34. The molecule has 15 heavy (non-hydrogen) atoms. The van der Waals surface area contributed by atoms with Gasteiger partial charge in [-0.2, -0.15) is 0 Å². The lowest BCUT2D eigenvalue weighted by Crippen LogP contribution is -2.45. The van der Waals surface area contributed by atoms with Crippen LogP contribution in [-0.4, -0.2) is 32.2 Å². The van der Waals surface area contributed by atoms with E-state index in [-0.39, 0.29) is 0 Å². The normalized spacial score (nSPS) is 10.1. The number of hydrogen-bond acceptors (Lipinski definition) is 3. The summed E-state index contributed by atoms with van der Waals surface area (Å²) in [6.07, 6.45) is 0. The van der Waals surface area contributed by atoms with E-state index < -0.39 is 6.03 Å². The smallest absolute Gasteiger partial charge is 0.334 e. The molecule has 1 rings (SSSR count). The topological polar surface area (TPSA) is 58.8 Å². The maximum absolute atomic E-state index is 11.3. The number of benzene rings is 1. The van der Waals surface area contributed by atoms with E-state index in [1.54, 1.807) is 38.3 Å². The largest absolute Gasteiger partial charge is 0.495 e. The van der Waals surface area contributed by atoms with Crippen molar-refractivity contribution in [2.75, 3.05) is 26.2 Å². The standard InChI is InChI=1S/C10H15N3O2/c1-12(2)13(10(11)14)8-6-4-5-7-9(8)15-3/h4-7H,1-3H3,(H2,11,14). The number of carbonyl (C=O) groups is 1. The van der Waals surface area contributed by atoms with Gasteiger partial charge >= 0.3 is 6.03 Å². The van der Waals surface area contributed by atoms with Gasteiger partial charge in [0.05, 0.1) is 7.11 Å². The van der Waals surface area contributed by atoms with Crippen molar-refractivity contribution in [1.82, 2.24) is 5.01 Å². The van der Waals surface area contributed by atoms with Crippen LogP contribution in [0, 0.1) is 0 Å². The predicted molar refractivity (Wildman–Crippen MR) is 58.7 cm³/mol. The maximum atomic E-state index is 11.3. The monoisotopic (exact) mass is 209 g/mol. The van der Waals surface area contributed by atoms with Gasteiger partial charge < -0.3 is 10.5 Å². The molecule has 1 aromatic rings. The van der Waals surface area contributed by atoms with Crippen molar-refractivity contribution in [3.05, 3.63) is 24.3 Å². The highest BCUT2D eigenvalue weighted by atomic mass is 16.5. The van der Waals surface area contributed by atoms with E-state index in [1.165, 1.54) is 5.01 Å². The van der Waals surface area contributed by atoms with E-state index in [1.807, 2.05) is 12.1 Å². The van der Waals surface area contributed by atoms with Gasteiger partial charge in [0.2, 0.25) is 0 Å². The summed E-state index contributed by atoms with van der Waals surface area (Å²) in [5.41, 5.74) is 5.91.